The van der Waals surface area contributed by atoms with Crippen molar-refractivity contribution in [2.45, 2.75) is 26.3 Å². The highest BCUT2D eigenvalue weighted by molar-refractivity contribution is 9.10. The second-order valence-electron chi connectivity index (χ2n) is 4.54. The SMILES string of the molecule is CCc1ccccc1Oc1ccc([C@H](C)N)cc1Br. The van der Waals surface area contributed by atoms with E-state index >= 15 is 0 Å². The molecule has 100 valence electrons. The monoisotopic (exact) mass is 319 g/mol. The molecule has 19 heavy (non-hydrogen) atoms. The molecule has 3 heteroatoms. The molecule has 0 aromatic heterocycles. The predicted octanol–water partition coefficient (Wildman–Crippen LogP) is 4.82. The standard InChI is InChI=1S/C16H18BrNO/c1-3-12-6-4-5-7-15(12)19-16-9-8-13(11(2)18)10-14(16)17/h4-11H,3,18H2,1-2H3/t11-/m0/s1. The number of nitrogens with two attached hydrogens (primary N) is 1. The lowest BCUT2D eigenvalue weighted by Crippen LogP contribution is -2.04. The van der Waals surface area contributed by atoms with Crippen molar-refractivity contribution in [1.82, 2.24) is 0 Å². The molecule has 1 atom stereocenters. The third kappa shape index (κ3) is 3.37. The maximum absolute atomic E-state index is 5.98. The van der Waals surface area contributed by atoms with Crippen molar-refractivity contribution < 1.29 is 4.74 Å². The van der Waals surface area contributed by atoms with Crippen molar-refractivity contribution in [1.29, 1.82) is 0 Å². The zero-order valence-electron chi connectivity index (χ0n) is 11.2. The summed E-state index contributed by atoms with van der Waals surface area (Å²) >= 11 is 3.54. The second-order valence-corrected chi connectivity index (χ2v) is 5.40. The zero-order valence-corrected chi connectivity index (χ0v) is 12.8. The molecule has 0 aliphatic carbocycles. The number of para-hydroxylation sites is 1. The Morgan fingerprint density at radius 1 is 1.16 bits per heavy atom. The van der Waals surface area contributed by atoms with Gasteiger partial charge < -0.3 is 10.5 Å². The molecule has 0 aliphatic heterocycles. The van der Waals surface area contributed by atoms with Crippen LogP contribution in [0.3, 0.4) is 0 Å². The third-order valence-electron chi connectivity index (χ3n) is 3.06. The smallest absolute Gasteiger partial charge is 0.141 e. The number of benzene rings is 2. The molecular weight excluding hydrogens is 302 g/mol. The molecule has 0 unspecified atom stereocenters. The van der Waals surface area contributed by atoms with Crippen LogP contribution in [0.1, 0.15) is 31.0 Å². The molecule has 0 aliphatic rings. The molecule has 0 spiro atoms. The predicted molar refractivity (Wildman–Crippen MR) is 82.6 cm³/mol. The number of halogens is 1. The van der Waals surface area contributed by atoms with E-state index in [9.17, 15) is 0 Å². The van der Waals surface area contributed by atoms with Crippen LogP contribution in [0.2, 0.25) is 0 Å². The van der Waals surface area contributed by atoms with Crippen LogP contribution in [0.4, 0.5) is 0 Å². The molecule has 0 radical (unpaired) electrons. The third-order valence-corrected chi connectivity index (χ3v) is 3.67. The molecule has 0 saturated carbocycles. The summed E-state index contributed by atoms with van der Waals surface area (Å²) in [6, 6.07) is 14.1. The van der Waals surface area contributed by atoms with Crippen molar-refractivity contribution in [2.24, 2.45) is 5.73 Å². The topological polar surface area (TPSA) is 35.2 Å². The van der Waals surface area contributed by atoms with E-state index in [0.717, 1.165) is 28.0 Å². The van der Waals surface area contributed by atoms with Gasteiger partial charge >= 0.3 is 0 Å². The maximum Gasteiger partial charge on any atom is 0.141 e. The molecule has 2 rings (SSSR count). The minimum absolute atomic E-state index is 0.0216. The molecule has 2 N–H and O–H groups in total. The van der Waals surface area contributed by atoms with Crippen LogP contribution in [-0.4, -0.2) is 0 Å². The van der Waals surface area contributed by atoms with Crippen LogP contribution in [0.15, 0.2) is 46.9 Å². The highest BCUT2D eigenvalue weighted by Crippen LogP contribution is 2.33. The lowest BCUT2D eigenvalue weighted by molar-refractivity contribution is 0.473. The van der Waals surface area contributed by atoms with Crippen molar-refractivity contribution >= 4 is 15.9 Å². The summed E-state index contributed by atoms with van der Waals surface area (Å²) in [5.41, 5.74) is 8.16. The molecule has 2 aromatic rings. The van der Waals surface area contributed by atoms with Gasteiger partial charge in [0.1, 0.15) is 11.5 Å². The zero-order chi connectivity index (χ0) is 13.8. The van der Waals surface area contributed by atoms with Gasteiger partial charge in [-0.3, -0.25) is 0 Å². The molecule has 0 bridgehead atoms. The van der Waals surface area contributed by atoms with Gasteiger partial charge in [-0.1, -0.05) is 31.2 Å². The van der Waals surface area contributed by atoms with Crippen LogP contribution in [0, 0.1) is 0 Å². The highest BCUT2D eigenvalue weighted by atomic mass is 79.9. The van der Waals surface area contributed by atoms with E-state index in [1.54, 1.807) is 0 Å². The molecule has 0 saturated heterocycles. The number of hydrogen-bond donors (Lipinski definition) is 1. The maximum atomic E-state index is 5.98. The number of rotatable bonds is 4. The quantitative estimate of drug-likeness (QED) is 0.876. The first-order valence-corrected chi connectivity index (χ1v) is 7.22. The van der Waals surface area contributed by atoms with Crippen LogP contribution in [-0.2, 0) is 6.42 Å². The second kappa shape index (κ2) is 6.22. The van der Waals surface area contributed by atoms with Gasteiger partial charge in [-0.2, -0.15) is 0 Å². The fraction of sp³-hybridized carbons (Fsp3) is 0.250. The van der Waals surface area contributed by atoms with Gasteiger partial charge in [0.15, 0.2) is 0 Å². The number of ether oxygens (including phenoxy) is 1. The summed E-state index contributed by atoms with van der Waals surface area (Å²) in [4.78, 5) is 0. The molecule has 2 aromatic carbocycles. The lowest BCUT2D eigenvalue weighted by atomic mass is 10.1. The Hall–Kier alpha value is -1.32. The van der Waals surface area contributed by atoms with E-state index in [4.69, 9.17) is 10.5 Å². The van der Waals surface area contributed by atoms with Crippen LogP contribution < -0.4 is 10.5 Å². The number of aryl methyl sites for hydroxylation is 1. The van der Waals surface area contributed by atoms with E-state index in [1.807, 2.05) is 43.3 Å². The van der Waals surface area contributed by atoms with Gasteiger partial charge in [0.25, 0.3) is 0 Å². The first-order chi connectivity index (χ1) is 9.11. The van der Waals surface area contributed by atoms with Crippen LogP contribution in [0.5, 0.6) is 11.5 Å². The minimum atomic E-state index is 0.0216. The Kier molecular flexibility index (Phi) is 4.61. The molecule has 2 nitrogen and oxygen atoms in total. The fourth-order valence-electron chi connectivity index (χ4n) is 1.90. The summed E-state index contributed by atoms with van der Waals surface area (Å²) in [5.74, 6) is 1.71. The Morgan fingerprint density at radius 3 is 2.53 bits per heavy atom. The molecular formula is C16H18BrNO. The minimum Gasteiger partial charge on any atom is -0.456 e. The summed E-state index contributed by atoms with van der Waals surface area (Å²) < 4.78 is 6.90. The number of hydrogen-bond acceptors (Lipinski definition) is 2. The summed E-state index contributed by atoms with van der Waals surface area (Å²) in [5, 5.41) is 0. The van der Waals surface area contributed by atoms with Crippen molar-refractivity contribution in [2.75, 3.05) is 0 Å². The average molecular weight is 320 g/mol. The van der Waals surface area contributed by atoms with E-state index < -0.39 is 0 Å². The highest BCUT2D eigenvalue weighted by Gasteiger charge is 2.08. The van der Waals surface area contributed by atoms with E-state index in [1.165, 1.54) is 5.56 Å². The molecule has 0 heterocycles. The molecule has 0 amide bonds. The van der Waals surface area contributed by atoms with Crippen molar-refractivity contribution in [3.05, 3.63) is 58.1 Å². The van der Waals surface area contributed by atoms with Crippen molar-refractivity contribution in [3.63, 3.8) is 0 Å². The Labute approximate surface area is 122 Å². The van der Waals surface area contributed by atoms with E-state index in [-0.39, 0.29) is 6.04 Å². The van der Waals surface area contributed by atoms with Gasteiger partial charge in [-0.15, -0.1) is 0 Å². The van der Waals surface area contributed by atoms with Gasteiger partial charge in [0.2, 0.25) is 0 Å². The van der Waals surface area contributed by atoms with E-state index in [0.29, 0.717) is 0 Å². The Bertz CT molecular complexity index is 566. The largest absolute Gasteiger partial charge is 0.456 e. The summed E-state index contributed by atoms with van der Waals surface area (Å²) in [6.07, 6.45) is 0.950. The lowest BCUT2D eigenvalue weighted by Gasteiger charge is -2.13. The normalized spacial score (nSPS) is 12.2. The van der Waals surface area contributed by atoms with Gasteiger partial charge in [0.05, 0.1) is 4.47 Å². The first kappa shape index (κ1) is 14.1. The average Bonchev–Trinajstić information content (AvgIpc) is 2.41. The summed E-state index contributed by atoms with van der Waals surface area (Å²) in [6.45, 7) is 4.09. The Morgan fingerprint density at radius 2 is 1.89 bits per heavy atom. The van der Waals surface area contributed by atoms with Gasteiger partial charge in [0, 0.05) is 6.04 Å². The summed E-state index contributed by atoms with van der Waals surface area (Å²) in [7, 11) is 0. The Balaban J connectivity index is 2.28. The van der Waals surface area contributed by atoms with Crippen molar-refractivity contribution in [3.8, 4) is 11.5 Å². The van der Waals surface area contributed by atoms with Crippen LogP contribution in [0.25, 0.3) is 0 Å². The van der Waals surface area contributed by atoms with Crippen LogP contribution >= 0.6 is 15.9 Å². The van der Waals surface area contributed by atoms with Gasteiger partial charge in [-0.25, -0.2) is 0 Å². The molecule has 0 fully saturated rings. The fourth-order valence-corrected chi connectivity index (χ4v) is 2.37. The van der Waals surface area contributed by atoms with E-state index in [2.05, 4.69) is 28.9 Å². The van der Waals surface area contributed by atoms with Gasteiger partial charge in [-0.05, 0) is 58.6 Å². The first-order valence-electron chi connectivity index (χ1n) is 6.42.